The van der Waals surface area contributed by atoms with Crippen LogP contribution < -0.4 is 10.6 Å². The van der Waals surface area contributed by atoms with E-state index in [2.05, 4.69) is 33.7 Å². The van der Waals surface area contributed by atoms with Crippen LogP contribution in [0, 0.1) is 0 Å². The molecule has 2 aromatic heterocycles. The summed E-state index contributed by atoms with van der Waals surface area (Å²) in [4.78, 5) is 8.19. The number of anilines is 2. The van der Waals surface area contributed by atoms with Crippen molar-refractivity contribution in [3.8, 4) is 11.3 Å². The van der Waals surface area contributed by atoms with E-state index in [1.54, 1.807) is 11.3 Å². The van der Waals surface area contributed by atoms with Crippen LogP contribution in [-0.2, 0) is 4.74 Å². The Hall–Kier alpha value is -2.57. The van der Waals surface area contributed by atoms with Crippen molar-refractivity contribution in [2.24, 2.45) is 0 Å². The largest absolute Gasteiger partial charge is 0.399 e. The van der Waals surface area contributed by atoms with E-state index in [-0.39, 0.29) is 0 Å². The third-order valence-corrected chi connectivity index (χ3v) is 5.68. The minimum atomic E-state index is 0.769. The molecule has 6 heteroatoms. The molecular weight excluding hydrogens is 332 g/mol. The predicted molar refractivity (Wildman–Crippen MR) is 103 cm³/mol. The second-order valence-electron chi connectivity index (χ2n) is 6.25. The number of thiazole rings is 1. The molecule has 126 valence electrons. The first kappa shape index (κ1) is 14.7. The molecule has 0 unspecified atom stereocenters. The van der Waals surface area contributed by atoms with E-state index in [0.717, 1.165) is 48.2 Å². The van der Waals surface area contributed by atoms with Crippen LogP contribution in [0.15, 0.2) is 48.7 Å². The Labute approximate surface area is 149 Å². The number of nitrogens with zero attached hydrogens (tertiary/aromatic N) is 3. The molecule has 0 spiro atoms. The standard InChI is InChI=1S/C19H18N4OS/c20-14-3-1-13(2-4-14)16-12-23-17-6-5-15(22-7-9-24-10-8-22)11-18(17)25-19(23)21-16/h1-6,11-12H,7-10,20H2. The molecule has 5 rings (SSSR count). The number of imidazole rings is 1. The maximum absolute atomic E-state index is 5.77. The second kappa shape index (κ2) is 5.75. The molecule has 1 saturated heterocycles. The van der Waals surface area contributed by atoms with Crippen LogP contribution >= 0.6 is 11.3 Å². The van der Waals surface area contributed by atoms with Gasteiger partial charge in [-0.15, -0.1) is 0 Å². The fourth-order valence-electron chi connectivity index (χ4n) is 3.30. The van der Waals surface area contributed by atoms with Crippen LogP contribution in [0.3, 0.4) is 0 Å². The number of hydrogen-bond acceptors (Lipinski definition) is 5. The Morgan fingerprint density at radius 3 is 2.64 bits per heavy atom. The van der Waals surface area contributed by atoms with E-state index in [4.69, 9.17) is 15.5 Å². The van der Waals surface area contributed by atoms with Crippen molar-refractivity contribution in [3.05, 3.63) is 48.7 Å². The van der Waals surface area contributed by atoms with E-state index >= 15 is 0 Å². The fourth-order valence-corrected chi connectivity index (χ4v) is 4.34. The van der Waals surface area contributed by atoms with E-state index in [1.165, 1.54) is 15.9 Å². The molecule has 0 aliphatic carbocycles. The van der Waals surface area contributed by atoms with Gasteiger partial charge in [-0.05, 0) is 30.3 Å². The first-order chi connectivity index (χ1) is 12.3. The highest BCUT2D eigenvalue weighted by Crippen LogP contribution is 2.32. The van der Waals surface area contributed by atoms with E-state index in [0.29, 0.717) is 0 Å². The highest BCUT2D eigenvalue weighted by Gasteiger charge is 2.14. The summed E-state index contributed by atoms with van der Waals surface area (Å²) in [5.41, 5.74) is 11.1. The first-order valence-corrected chi connectivity index (χ1v) is 9.20. The summed E-state index contributed by atoms with van der Waals surface area (Å²) in [6, 6.07) is 14.5. The lowest BCUT2D eigenvalue weighted by atomic mass is 10.1. The van der Waals surface area contributed by atoms with Gasteiger partial charge in [-0.3, -0.25) is 4.40 Å². The molecule has 0 bridgehead atoms. The minimum Gasteiger partial charge on any atom is -0.399 e. The summed E-state index contributed by atoms with van der Waals surface area (Å²) in [5.74, 6) is 0. The maximum Gasteiger partial charge on any atom is 0.195 e. The lowest BCUT2D eigenvalue weighted by Crippen LogP contribution is -2.36. The minimum absolute atomic E-state index is 0.769. The Kier molecular flexibility index (Phi) is 3.39. The van der Waals surface area contributed by atoms with Crippen molar-refractivity contribution in [1.82, 2.24) is 9.38 Å². The van der Waals surface area contributed by atoms with Crippen molar-refractivity contribution < 1.29 is 4.74 Å². The monoisotopic (exact) mass is 350 g/mol. The van der Waals surface area contributed by atoms with Crippen molar-refractivity contribution in [2.45, 2.75) is 0 Å². The number of hydrogen-bond donors (Lipinski definition) is 1. The van der Waals surface area contributed by atoms with Crippen molar-refractivity contribution in [2.75, 3.05) is 36.9 Å². The number of rotatable bonds is 2. The van der Waals surface area contributed by atoms with Gasteiger partial charge in [0, 0.05) is 36.2 Å². The first-order valence-electron chi connectivity index (χ1n) is 8.38. The van der Waals surface area contributed by atoms with Gasteiger partial charge < -0.3 is 15.4 Å². The highest BCUT2D eigenvalue weighted by atomic mass is 32.1. The normalized spacial score (nSPS) is 15.3. The third-order valence-electron chi connectivity index (χ3n) is 4.66. The van der Waals surface area contributed by atoms with Gasteiger partial charge in [0.2, 0.25) is 0 Å². The van der Waals surface area contributed by atoms with Gasteiger partial charge in [-0.25, -0.2) is 4.98 Å². The summed E-state index contributed by atoms with van der Waals surface area (Å²) in [5, 5.41) is 0. The van der Waals surface area contributed by atoms with Gasteiger partial charge in [0.1, 0.15) is 0 Å². The summed E-state index contributed by atoms with van der Waals surface area (Å²) < 4.78 is 8.88. The molecule has 0 atom stereocenters. The molecule has 25 heavy (non-hydrogen) atoms. The number of morpholine rings is 1. The fraction of sp³-hybridized carbons (Fsp3) is 0.211. The smallest absolute Gasteiger partial charge is 0.195 e. The van der Waals surface area contributed by atoms with Crippen LogP contribution in [0.2, 0.25) is 0 Å². The van der Waals surface area contributed by atoms with Crippen LogP contribution in [0.1, 0.15) is 0 Å². The summed E-state index contributed by atoms with van der Waals surface area (Å²) in [6.45, 7) is 3.51. The second-order valence-corrected chi connectivity index (χ2v) is 7.26. The van der Waals surface area contributed by atoms with Crippen molar-refractivity contribution in [3.63, 3.8) is 0 Å². The average Bonchev–Trinajstić information content (AvgIpc) is 3.20. The highest BCUT2D eigenvalue weighted by molar-refractivity contribution is 7.23. The number of fused-ring (bicyclic) bond motifs is 3. The molecule has 4 aromatic rings. The predicted octanol–water partition coefficient (Wildman–Crippen LogP) is 3.63. The van der Waals surface area contributed by atoms with E-state index in [9.17, 15) is 0 Å². The Balaban J connectivity index is 1.55. The molecule has 5 nitrogen and oxygen atoms in total. The Morgan fingerprint density at radius 1 is 1.04 bits per heavy atom. The van der Waals surface area contributed by atoms with Gasteiger partial charge in [-0.2, -0.15) is 0 Å². The molecule has 1 aliphatic heterocycles. The quantitative estimate of drug-likeness (QED) is 0.561. The van der Waals surface area contributed by atoms with Crippen LogP contribution in [0.5, 0.6) is 0 Å². The number of benzene rings is 2. The molecular formula is C19H18N4OS. The lowest BCUT2D eigenvalue weighted by Gasteiger charge is -2.28. The molecule has 2 N–H and O–H groups in total. The molecule has 3 heterocycles. The van der Waals surface area contributed by atoms with Gasteiger partial charge >= 0.3 is 0 Å². The zero-order valence-electron chi connectivity index (χ0n) is 13.7. The summed E-state index contributed by atoms with van der Waals surface area (Å²) in [6.07, 6.45) is 2.11. The number of nitrogen functional groups attached to an aromatic ring is 1. The Morgan fingerprint density at radius 2 is 1.84 bits per heavy atom. The number of aromatic nitrogens is 2. The van der Waals surface area contributed by atoms with Gasteiger partial charge in [0.05, 0.1) is 29.1 Å². The van der Waals surface area contributed by atoms with Gasteiger partial charge in [0.25, 0.3) is 0 Å². The SMILES string of the molecule is Nc1ccc(-c2cn3c(n2)sc2cc(N4CCOCC4)ccc23)cc1. The topological polar surface area (TPSA) is 55.8 Å². The molecule has 0 saturated carbocycles. The number of ether oxygens (including phenoxy) is 1. The molecule has 0 amide bonds. The molecule has 1 fully saturated rings. The Bertz CT molecular complexity index is 1040. The van der Waals surface area contributed by atoms with Crippen LogP contribution in [-0.4, -0.2) is 35.7 Å². The van der Waals surface area contributed by atoms with Crippen LogP contribution in [0.4, 0.5) is 11.4 Å². The van der Waals surface area contributed by atoms with Crippen LogP contribution in [0.25, 0.3) is 26.4 Å². The summed E-state index contributed by atoms with van der Waals surface area (Å²) in [7, 11) is 0. The molecule has 1 aliphatic rings. The lowest BCUT2D eigenvalue weighted by molar-refractivity contribution is 0.122. The summed E-state index contributed by atoms with van der Waals surface area (Å²) >= 11 is 1.73. The number of nitrogens with two attached hydrogens (primary N) is 1. The third kappa shape index (κ3) is 2.54. The zero-order chi connectivity index (χ0) is 16.8. The van der Waals surface area contributed by atoms with Crippen molar-refractivity contribution in [1.29, 1.82) is 0 Å². The van der Waals surface area contributed by atoms with E-state index < -0.39 is 0 Å². The van der Waals surface area contributed by atoms with Gasteiger partial charge in [-0.1, -0.05) is 23.5 Å². The van der Waals surface area contributed by atoms with Crippen molar-refractivity contribution >= 4 is 37.9 Å². The maximum atomic E-state index is 5.77. The average molecular weight is 350 g/mol. The zero-order valence-corrected chi connectivity index (χ0v) is 14.5. The molecule has 2 aromatic carbocycles. The van der Waals surface area contributed by atoms with Gasteiger partial charge in [0.15, 0.2) is 4.96 Å². The molecule has 0 radical (unpaired) electrons. The van der Waals surface area contributed by atoms with E-state index in [1.807, 2.05) is 24.3 Å².